The van der Waals surface area contributed by atoms with E-state index in [1.54, 1.807) is 25.1 Å². The topological polar surface area (TPSA) is 74.9 Å². The fourth-order valence-corrected chi connectivity index (χ4v) is 3.17. The predicted octanol–water partition coefficient (Wildman–Crippen LogP) is 3.20. The molecule has 6 heteroatoms. The first-order chi connectivity index (χ1) is 12.0. The first-order valence-corrected chi connectivity index (χ1v) is 8.35. The number of nitrogens with zero attached hydrogens (tertiary/aromatic N) is 2. The standard InChI is InChI=1S/C19H19N3O3/c1-12-10-15(12)16-9-8-14(25-16)11-20-22-17(23)19(2,21-18(22)24)13-6-4-3-5-7-13/h3-9,11-12,15H,10H2,1-2H3,(H,21,24)/b20-11-/t12-,15-,19+/m0/s1. The van der Waals surface area contributed by atoms with Crippen LogP contribution in [0.2, 0.25) is 0 Å². The van der Waals surface area contributed by atoms with Crippen molar-refractivity contribution in [2.75, 3.05) is 0 Å². The summed E-state index contributed by atoms with van der Waals surface area (Å²) in [4.78, 5) is 24.9. The van der Waals surface area contributed by atoms with Gasteiger partial charge in [-0.1, -0.05) is 37.3 Å². The summed E-state index contributed by atoms with van der Waals surface area (Å²) in [6, 6.07) is 12.3. The predicted molar refractivity (Wildman–Crippen MR) is 92.0 cm³/mol. The van der Waals surface area contributed by atoms with Gasteiger partial charge in [0.1, 0.15) is 17.1 Å². The number of urea groups is 1. The van der Waals surface area contributed by atoms with Crippen molar-refractivity contribution in [3.05, 3.63) is 59.5 Å². The summed E-state index contributed by atoms with van der Waals surface area (Å²) in [6.07, 6.45) is 2.54. The fraction of sp³-hybridized carbons (Fsp3) is 0.316. The van der Waals surface area contributed by atoms with Crippen molar-refractivity contribution in [1.82, 2.24) is 10.3 Å². The number of hydrogen-bond acceptors (Lipinski definition) is 4. The molecule has 1 aromatic carbocycles. The molecule has 128 valence electrons. The fourth-order valence-electron chi connectivity index (χ4n) is 3.17. The molecule has 2 fully saturated rings. The minimum atomic E-state index is -1.12. The molecule has 6 nitrogen and oxygen atoms in total. The van der Waals surface area contributed by atoms with E-state index in [-0.39, 0.29) is 0 Å². The van der Waals surface area contributed by atoms with Gasteiger partial charge >= 0.3 is 6.03 Å². The van der Waals surface area contributed by atoms with Crippen molar-refractivity contribution < 1.29 is 14.0 Å². The summed E-state index contributed by atoms with van der Waals surface area (Å²) < 4.78 is 5.73. The third kappa shape index (κ3) is 2.63. The molecule has 25 heavy (non-hydrogen) atoms. The second-order valence-electron chi connectivity index (χ2n) is 6.84. The zero-order valence-electron chi connectivity index (χ0n) is 14.1. The third-order valence-electron chi connectivity index (χ3n) is 4.94. The van der Waals surface area contributed by atoms with Crippen LogP contribution in [-0.4, -0.2) is 23.2 Å². The van der Waals surface area contributed by atoms with E-state index in [0.717, 1.165) is 17.2 Å². The van der Waals surface area contributed by atoms with Gasteiger partial charge in [-0.05, 0) is 37.0 Å². The Hall–Kier alpha value is -2.89. The van der Waals surface area contributed by atoms with E-state index in [4.69, 9.17) is 4.42 Å². The van der Waals surface area contributed by atoms with Gasteiger partial charge in [-0.3, -0.25) is 4.79 Å². The van der Waals surface area contributed by atoms with E-state index in [0.29, 0.717) is 23.2 Å². The lowest BCUT2D eigenvalue weighted by molar-refractivity contribution is -0.131. The number of amides is 3. The van der Waals surface area contributed by atoms with Gasteiger partial charge in [-0.15, -0.1) is 5.01 Å². The summed E-state index contributed by atoms with van der Waals surface area (Å²) in [5.74, 6) is 2.17. The van der Waals surface area contributed by atoms with Crippen LogP contribution < -0.4 is 5.32 Å². The number of benzene rings is 1. The van der Waals surface area contributed by atoms with Gasteiger partial charge in [0, 0.05) is 5.92 Å². The van der Waals surface area contributed by atoms with Crippen LogP contribution in [0, 0.1) is 5.92 Å². The van der Waals surface area contributed by atoms with Gasteiger partial charge in [0.25, 0.3) is 5.91 Å². The van der Waals surface area contributed by atoms with Crippen molar-refractivity contribution in [2.45, 2.75) is 31.7 Å². The van der Waals surface area contributed by atoms with Gasteiger partial charge in [0.15, 0.2) is 0 Å². The van der Waals surface area contributed by atoms with Crippen LogP contribution >= 0.6 is 0 Å². The van der Waals surface area contributed by atoms with Crippen LogP contribution in [0.15, 0.2) is 52.0 Å². The molecule has 1 N–H and O–H groups in total. The van der Waals surface area contributed by atoms with Crippen molar-refractivity contribution in [3.8, 4) is 0 Å². The van der Waals surface area contributed by atoms with Crippen LogP contribution in [0.5, 0.6) is 0 Å². The van der Waals surface area contributed by atoms with Gasteiger partial charge < -0.3 is 9.73 Å². The quantitative estimate of drug-likeness (QED) is 0.687. The number of nitrogens with one attached hydrogen (secondary N) is 1. The molecule has 4 rings (SSSR count). The highest BCUT2D eigenvalue weighted by Crippen LogP contribution is 2.47. The largest absolute Gasteiger partial charge is 0.460 e. The van der Waals surface area contributed by atoms with Gasteiger partial charge in [0.2, 0.25) is 0 Å². The molecular weight excluding hydrogens is 318 g/mol. The second kappa shape index (κ2) is 5.58. The number of rotatable bonds is 4. The molecule has 1 aliphatic heterocycles. The number of imide groups is 1. The number of hydrogen-bond donors (Lipinski definition) is 1. The van der Waals surface area contributed by atoms with E-state index >= 15 is 0 Å². The Bertz CT molecular complexity index is 858. The third-order valence-corrected chi connectivity index (χ3v) is 4.94. The molecule has 3 atom stereocenters. The zero-order valence-corrected chi connectivity index (χ0v) is 14.1. The van der Waals surface area contributed by atoms with Crippen molar-refractivity contribution in [2.24, 2.45) is 11.0 Å². The average molecular weight is 337 g/mol. The van der Waals surface area contributed by atoms with Crippen molar-refractivity contribution in [1.29, 1.82) is 0 Å². The molecule has 0 bridgehead atoms. The van der Waals surface area contributed by atoms with Crippen LogP contribution in [0.25, 0.3) is 0 Å². The highest BCUT2D eigenvalue weighted by molar-refractivity contribution is 6.07. The number of carbonyl (C=O) groups is 2. The Morgan fingerprint density at radius 2 is 1.96 bits per heavy atom. The maximum atomic E-state index is 12.7. The van der Waals surface area contributed by atoms with Crippen LogP contribution in [0.1, 0.15) is 43.3 Å². The lowest BCUT2D eigenvalue weighted by Crippen LogP contribution is -2.40. The zero-order chi connectivity index (χ0) is 17.6. The van der Waals surface area contributed by atoms with Crippen molar-refractivity contribution >= 4 is 18.2 Å². The Balaban J connectivity index is 1.54. The van der Waals surface area contributed by atoms with Crippen molar-refractivity contribution in [3.63, 3.8) is 0 Å². The maximum Gasteiger partial charge on any atom is 0.346 e. The number of carbonyl (C=O) groups excluding carboxylic acids is 2. The van der Waals surface area contributed by atoms with Gasteiger partial charge in [-0.2, -0.15) is 5.10 Å². The summed E-state index contributed by atoms with van der Waals surface area (Å²) in [5.41, 5.74) is -0.401. The van der Waals surface area contributed by atoms with E-state index < -0.39 is 17.5 Å². The molecule has 0 unspecified atom stereocenters. The second-order valence-corrected chi connectivity index (χ2v) is 6.84. The van der Waals surface area contributed by atoms with E-state index in [1.807, 2.05) is 24.3 Å². The Morgan fingerprint density at radius 1 is 1.24 bits per heavy atom. The van der Waals surface area contributed by atoms with E-state index in [2.05, 4.69) is 17.3 Å². The average Bonchev–Trinajstić information content (AvgIpc) is 3.07. The highest BCUT2D eigenvalue weighted by Gasteiger charge is 2.49. The molecule has 1 aromatic heterocycles. The molecule has 1 saturated heterocycles. The normalized spacial score (nSPS) is 28.6. The lowest BCUT2D eigenvalue weighted by Gasteiger charge is -2.20. The summed E-state index contributed by atoms with van der Waals surface area (Å²) in [7, 11) is 0. The van der Waals surface area contributed by atoms with Gasteiger partial charge in [0.05, 0.1) is 6.21 Å². The Morgan fingerprint density at radius 3 is 2.64 bits per heavy atom. The number of hydrazone groups is 1. The first kappa shape index (κ1) is 15.6. The summed E-state index contributed by atoms with van der Waals surface area (Å²) >= 11 is 0. The van der Waals surface area contributed by atoms with Crippen LogP contribution in [-0.2, 0) is 10.3 Å². The van der Waals surface area contributed by atoms with Crippen LogP contribution in [0.3, 0.4) is 0 Å². The molecule has 0 spiro atoms. The van der Waals surface area contributed by atoms with E-state index in [1.165, 1.54) is 6.21 Å². The summed E-state index contributed by atoms with van der Waals surface area (Å²) in [6.45, 7) is 3.86. The molecule has 1 aliphatic carbocycles. The minimum Gasteiger partial charge on any atom is -0.460 e. The molecule has 2 heterocycles. The monoisotopic (exact) mass is 337 g/mol. The number of furan rings is 1. The molecule has 2 aliphatic rings. The van der Waals surface area contributed by atoms with Crippen LogP contribution in [0.4, 0.5) is 4.79 Å². The Kier molecular flexibility index (Phi) is 3.49. The molecular formula is C19H19N3O3. The lowest BCUT2D eigenvalue weighted by atomic mass is 9.92. The summed E-state index contributed by atoms with van der Waals surface area (Å²) in [5, 5.41) is 7.61. The molecule has 1 saturated carbocycles. The molecule has 2 aromatic rings. The first-order valence-electron chi connectivity index (χ1n) is 8.35. The minimum absolute atomic E-state index is 0.414. The Labute approximate surface area is 145 Å². The molecule has 3 amide bonds. The highest BCUT2D eigenvalue weighted by atomic mass is 16.3. The van der Waals surface area contributed by atoms with Gasteiger partial charge in [-0.25, -0.2) is 4.79 Å². The molecule has 0 radical (unpaired) electrons. The maximum absolute atomic E-state index is 12.7. The van der Waals surface area contributed by atoms with E-state index in [9.17, 15) is 9.59 Å². The smallest absolute Gasteiger partial charge is 0.346 e. The SMILES string of the molecule is C[C@H]1C[C@@H]1c1ccc(/C=N\N2C(=O)N[C@](C)(c3ccccc3)C2=O)o1.